The van der Waals surface area contributed by atoms with Crippen LogP contribution >= 0.6 is 0 Å². The lowest BCUT2D eigenvalue weighted by Crippen LogP contribution is -2.18. The molecule has 0 atom stereocenters. The van der Waals surface area contributed by atoms with Crippen LogP contribution in [0.1, 0.15) is 25.7 Å². The molecule has 3 heteroatoms. The summed E-state index contributed by atoms with van der Waals surface area (Å²) >= 11 is 0. The van der Waals surface area contributed by atoms with E-state index in [1.54, 1.807) is 0 Å². The first-order valence-electron chi connectivity index (χ1n) is 5.91. The lowest BCUT2D eigenvalue weighted by molar-refractivity contribution is 0.282. The predicted molar refractivity (Wildman–Crippen MR) is 69.7 cm³/mol. The molecular weight excluding hydrogens is 200 g/mol. The van der Waals surface area contributed by atoms with Gasteiger partial charge in [-0.2, -0.15) is 0 Å². The van der Waals surface area contributed by atoms with E-state index >= 15 is 0 Å². The van der Waals surface area contributed by atoms with Gasteiger partial charge in [0, 0.05) is 31.6 Å². The van der Waals surface area contributed by atoms with Gasteiger partial charge in [-0.05, 0) is 31.0 Å². The molecule has 0 aliphatic rings. The minimum absolute atomic E-state index is 0.311. The molecule has 16 heavy (non-hydrogen) atoms. The summed E-state index contributed by atoms with van der Waals surface area (Å²) in [6.07, 6.45) is 4.36. The second-order valence-corrected chi connectivity index (χ2v) is 4.15. The number of aliphatic hydroxyl groups excluding tert-OH is 1. The van der Waals surface area contributed by atoms with Crippen molar-refractivity contribution in [3.8, 4) is 0 Å². The summed E-state index contributed by atoms with van der Waals surface area (Å²) in [4.78, 5) is 2.22. The van der Waals surface area contributed by atoms with Crippen molar-refractivity contribution in [1.29, 1.82) is 0 Å². The van der Waals surface area contributed by atoms with Crippen molar-refractivity contribution in [3.05, 3.63) is 24.3 Å². The summed E-state index contributed by atoms with van der Waals surface area (Å²) in [5.74, 6) is 0. The molecule has 0 saturated carbocycles. The van der Waals surface area contributed by atoms with E-state index in [2.05, 4.69) is 18.0 Å². The Hall–Kier alpha value is -1.22. The zero-order valence-electron chi connectivity index (χ0n) is 10.0. The maximum atomic E-state index is 8.66. The highest BCUT2D eigenvalue weighted by Gasteiger charge is 2.00. The van der Waals surface area contributed by atoms with Crippen LogP contribution in [-0.2, 0) is 0 Å². The third-order valence-corrected chi connectivity index (χ3v) is 2.71. The normalized spacial score (nSPS) is 10.4. The smallest absolute Gasteiger partial charge is 0.0431 e. The molecule has 0 saturated heterocycles. The Labute approximate surface area is 97.9 Å². The topological polar surface area (TPSA) is 49.5 Å². The third kappa shape index (κ3) is 4.53. The Balaban J connectivity index is 2.27. The molecule has 0 bridgehead atoms. The average molecular weight is 222 g/mol. The van der Waals surface area contributed by atoms with Crippen LogP contribution in [0.4, 0.5) is 11.4 Å². The van der Waals surface area contributed by atoms with Crippen LogP contribution in [0.3, 0.4) is 0 Å². The maximum absolute atomic E-state index is 8.66. The van der Waals surface area contributed by atoms with Gasteiger partial charge in [0.25, 0.3) is 0 Å². The Morgan fingerprint density at radius 1 is 1.19 bits per heavy atom. The molecule has 1 aromatic carbocycles. The SMILES string of the molecule is CN(CCCCCCO)c1cccc(N)c1. The lowest BCUT2D eigenvalue weighted by atomic mass is 10.2. The lowest BCUT2D eigenvalue weighted by Gasteiger charge is -2.19. The van der Waals surface area contributed by atoms with Crippen molar-refractivity contribution in [2.75, 3.05) is 30.8 Å². The average Bonchev–Trinajstić information content (AvgIpc) is 2.28. The highest BCUT2D eigenvalue weighted by atomic mass is 16.2. The van der Waals surface area contributed by atoms with Crippen LogP contribution < -0.4 is 10.6 Å². The number of nitrogens with zero attached hydrogens (tertiary/aromatic N) is 1. The Bertz CT molecular complexity index is 302. The summed E-state index contributed by atoms with van der Waals surface area (Å²) in [6.45, 7) is 1.35. The van der Waals surface area contributed by atoms with Crippen molar-refractivity contribution >= 4 is 11.4 Å². The quantitative estimate of drug-likeness (QED) is 0.549. The summed E-state index contributed by atoms with van der Waals surface area (Å²) < 4.78 is 0. The predicted octanol–water partition coefficient (Wildman–Crippen LogP) is 2.26. The molecule has 3 N–H and O–H groups in total. The number of rotatable bonds is 7. The molecule has 1 rings (SSSR count). The van der Waals surface area contributed by atoms with E-state index in [1.165, 1.54) is 12.1 Å². The molecule has 90 valence electrons. The first-order chi connectivity index (χ1) is 7.74. The molecule has 0 spiro atoms. The van der Waals surface area contributed by atoms with Crippen LogP contribution in [0.5, 0.6) is 0 Å². The van der Waals surface area contributed by atoms with Gasteiger partial charge >= 0.3 is 0 Å². The second kappa shape index (κ2) is 7.12. The van der Waals surface area contributed by atoms with E-state index in [1.807, 2.05) is 18.2 Å². The van der Waals surface area contributed by atoms with E-state index in [0.29, 0.717) is 6.61 Å². The van der Waals surface area contributed by atoms with Crippen molar-refractivity contribution in [2.45, 2.75) is 25.7 Å². The molecule has 0 radical (unpaired) electrons. The van der Waals surface area contributed by atoms with Crippen LogP contribution in [0.25, 0.3) is 0 Å². The molecular formula is C13H22N2O. The standard InChI is InChI=1S/C13H22N2O/c1-15(9-4-2-3-5-10-16)13-8-6-7-12(14)11-13/h6-8,11,16H,2-5,9-10,14H2,1H3. The fraction of sp³-hybridized carbons (Fsp3) is 0.538. The van der Waals surface area contributed by atoms with Crippen LogP contribution in [0.2, 0.25) is 0 Å². The number of anilines is 2. The van der Waals surface area contributed by atoms with Gasteiger partial charge in [-0.3, -0.25) is 0 Å². The largest absolute Gasteiger partial charge is 0.399 e. The van der Waals surface area contributed by atoms with E-state index in [9.17, 15) is 0 Å². The first kappa shape index (κ1) is 12.8. The van der Waals surface area contributed by atoms with Crippen molar-refractivity contribution in [2.24, 2.45) is 0 Å². The molecule has 0 heterocycles. The minimum atomic E-state index is 0.311. The number of unbranched alkanes of at least 4 members (excludes halogenated alkanes) is 3. The summed E-state index contributed by atoms with van der Waals surface area (Å²) in [7, 11) is 2.08. The molecule has 0 aliphatic carbocycles. The molecule has 3 nitrogen and oxygen atoms in total. The zero-order valence-corrected chi connectivity index (χ0v) is 10.0. The molecule has 1 aromatic rings. The van der Waals surface area contributed by atoms with Gasteiger partial charge in [0.1, 0.15) is 0 Å². The Morgan fingerprint density at radius 3 is 2.62 bits per heavy atom. The number of nitrogen functional groups attached to an aromatic ring is 1. The summed E-state index contributed by atoms with van der Waals surface area (Å²) in [5, 5.41) is 8.66. The van der Waals surface area contributed by atoms with Gasteiger partial charge in [-0.25, -0.2) is 0 Å². The highest BCUT2D eigenvalue weighted by molar-refractivity contribution is 5.55. The highest BCUT2D eigenvalue weighted by Crippen LogP contribution is 2.16. The molecule has 0 fully saturated rings. The first-order valence-corrected chi connectivity index (χ1v) is 5.91. The van der Waals surface area contributed by atoms with Gasteiger partial charge in [-0.15, -0.1) is 0 Å². The summed E-state index contributed by atoms with van der Waals surface area (Å²) in [6, 6.07) is 7.95. The number of nitrogens with two attached hydrogens (primary N) is 1. The number of aliphatic hydroxyl groups is 1. The Morgan fingerprint density at radius 2 is 1.94 bits per heavy atom. The van der Waals surface area contributed by atoms with E-state index in [-0.39, 0.29) is 0 Å². The number of benzene rings is 1. The van der Waals surface area contributed by atoms with Gasteiger partial charge in [0.2, 0.25) is 0 Å². The fourth-order valence-electron chi connectivity index (χ4n) is 1.71. The van der Waals surface area contributed by atoms with Crippen molar-refractivity contribution in [3.63, 3.8) is 0 Å². The maximum Gasteiger partial charge on any atom is 0.0431 e. The van der Waals surface area contributed by atoms with Gasteiger partial charge in [0.15, 0.2) is 0 Å². The van der Waals surface area contributed by atoms with Crippen molar-refractivity contribution in [1.82, 2.24) is 0 Å². The van der Waals surface area contributed by atoms with E-state index in [0.717, 1.165) is 31.5 Å². The number of hydrogen-bond donors (Lipinski definition) is 2. The second-order valence-electron chi connectivity index (χ2n) is 4.15. The third-order valence-electron chi connectivity index (χ3n) is 2.71. The van der Waals surface area contributed by atoms with E-state index < -0.39 is 0 Å². The Kier molecular flexibility index (Phi) is 5.72. The molecule has 0 amide bonds. The zero-order chi connectivity index (χ0) is 11.8. The minimum Gasteiger partial charge on any atom is -0.399 e. The van der Waals surface area contributed by atoms with Crippen LogP contribution in [0.15, 0.2) is 24.3 Å². The van der Waals surface area contributed by atoms with Crippen molar-refractivity contribution < 1.29 is 5.11 Å². The monoisotopic (exact) mass is 222 g/mol. The van der Waals surface area contributed by atoms with Crippen LogP contribution in [0, 0.1) is 0 Å². The molecule has 0 aliphatic heterocycles. The van der Waals surface area contributed by atoms with Gasteiger partial charge < -0.3 is 15.7 Å². The van der Waals surface area contributed by atoms with Gasteiger partial charge in [-0.1, -0.05) is 18.9 Å². The fourth-order valence-corrected chi connectivity index (χ4v) is 1.71. The summed E-state index contributed by atoms with van der Waals surface area (Å²) in [5.41, 5.74) is 7.71. The van der Waals surface area contributed by atoms with Gasteiger partial charge in [0.05, 0.1) is 0 Å². The van der Waals surface area contributed by atoms with E-state index in [4.69, 9.17) is 10.8 Å². The number of hydrogen-bond acceptors (Lipinski definition) is 3. The molecule has 0 aromatic heterocycles. The van der Waals surface area contributed by atoms with Crippen LogP contribution in [-0.4, -0.2) is 25.3 Å². The molecule has 0 unspecified atom stereocenters.